The van der Waals surface area contributed by atoms with E-state index in [-0.39, 0.29) is 17.7 Å². The lowest BCUT2D eigenvalue weighted by Gasteiger charge is -2.15. The number of benzene rings is 2. The van der Waals surface area contributed by atoms with E-state index in [1.807, 2.05) is 51.1 Å². The predicted octanol–water partition coefficient (Wildman–Crippen LogP) is 5.18. The van der Waals surface area contributed by atoms with Crippen LogP contribution >= 0.6 is 0 Å². The average Bonchev–Trinajstić information content (AvgIpc) is 2.66. The van der Waals surface area contributed by atoms with E-state index in [0.29, 0.717) is 23.1 Å². The third kappa shape index (κ3) is 5.10. The lowest BCUT2D eigenvalue weighted by molar-refractivity contribution is 0.102. The number of carbonyl (C=O) groups excluding carboxylic acids is 1. The smallest absolute Gasteiger partial charge is 0.274 e. The average molecular weight is 390 g/mol. The summed E-state index contributed by atoms with van der Waals surface area (Å²) in [6.45, 7) is 9.75. The standard InChI is InChI=1S/C23H26N4O2/c1-14(2)29-21-12-7-6-10-19(21)27-23(28)20-13-22(25-17(5)24-20)26-18-11-8-9-15(3)16(18)4/h6-14H,1-5H3,(H,27,28)(H,24,25,26). The van der Waals surface area contributed by atoms with Crippen LogP contribution in [0.2, 0.25) is 0 Å². The second-order valence-electron chi connectivity index (χ2n) is 7.17. The summed E-state index contributed by atoms with van der Waals surface area (Å²) in [5.41, 5.74) is 4.15. The maximum atomic E-state index is 12.8. The number of para-hydroxylation sites is 2. The number of aromatic nitrogens is 2. The second kappa shape index (κ2) is 8.73. The highest BCUT2D eigenvalue weighted by atomic mass is 16.5. The molecule has 0 saturated carbocycles. The van der Waals surface area contributed by atoms with Crippen LogP contribution in [0.4, 0.5) is 17.2 Å². The quantitative estimate of drug-likeness (QED) is 0.606. The molecule has 0 fully saturated rings. The maximum Gasteiger partial charge on any atom is 0.274 e. The zero-order chi connectivity index (χ0) is 21.0. The summed E-state index contributed by atoms with van der Waals surface area (Å²) in [4.78, 5) is 21.6. The number of hydrogen-bond donors (Lipinski definition) is 2. The maximum absolute atomic E-state index is 12.8. The van der Waals surface area contributed by atoms with Crippen LogP contribution in [-0.2, 0) is 0 Å². The van der Waals surface area contributed by atoms with Gasteiger partial charge in [0.15, 0.2) is 0 Å². The Hall–Kier alpha value is -3.41. The number of ether oxygens (including phenoxy) is 1. The van der Waals surface area contributed by atoms with Crippen LogP contribution in [0.15, 0.2) is 48.5 Å². The first-order chi connectivity index (χ1) is 13.8. The Labute approximate surface area is 171 Å². The molecule has 2 N–H and O–H groups in total. The van der Waals surface area contributed by atoms with Crippen molar-refractivity contribution in [2.75, 3.05) is 10.6 Å². The minimum absolute atomic E-state index is 0.00252. The number of rotatable bonds is 6. The molecule has 1 heterocycles. The lowest BCUT2D eigenvalue weighted by Crippen LogP contribution is -2.17. The summed E-state index contributed by atoms with van der Waals surface area (Å²) in [6, 6.07) is 15.0. The van der Waals surface area contributed by atoms with Crippen molar-refractivity contribution < 1.29 is 9.53 Å². The van der Waals surface area contributed by atoms with Crippen molar-refractivity contribution in [2.24, 2.45) is 0 Å². The summed E-state index contributed by atoms with van der Waals surface area (Å²) in [6.07, 6.45) is 0.00252. The summed E-state index contributed by atoms with van der Waals surface area (Å²) >= 11 is 0. The molecule has 0 saturated heterocycles. The Kier molecular flexibility index (Phi) is 6.12. The molecule has 0 unspecified atom stereocenters. The largest absolute Gasteiger partial charge is 0.489 e. The molecule has 0 bridgehead atoms. The third-order valence-corrected chi connectivity index (χ3v) is 4.44. The summed E-state index contributed by atoms with van der Waals surface area (Å²) in [7, 11) is 0. The second-order valence-corrected chi connectivity index (χ2v) is 7.17. The molecule has 2 aromatic carbocycles. The topological polar surface area (TPSA) is 76.1 Å². The summed E-state index contributed by atoms with van der Waals surface area (Å²) in [5, 5.41) is 6.18. The minimum Gasteiger partial charge on any atom is -0.489 e. The first-order valence-corrected chi connectivity index (χ1v) is 9.59. The fraction of sp³-hybridized carbons (Fsp3) is 0.261. The summed E-state index contributed by atoms with van der Waals surface area (Å²) < 4.78 is 5.77. The predicted molar refractivity (Wildman–Crippen MR) is 116 cm³/mol. The van der Waals surface area contributed by atoms with Gasteiger partial charge in [-0.25, -0.2) is 9.97 Å². The fourth-order valence-electron chi connectivity index (χ4n) is 2.89. The van der Waals surface area contributed by atoms with Crippen LogP contribution in [0.1, 0.15) is 41.3 Å². The molecule has 6 heteroatoms. The van der Waals surface area contributed by atoms with Crippen molar-refractivity contribution in [1.82, 2.24) is 9.97 Å². The van der Waals surface area contributed by atoms with Gasteiger partial charge in [-0.1, -0.05) is 24.3 Å². The van der Waals surface area contributed by atoms with Crippen molar-refractivity contribution in [3.8, 4) is 5.75 Å². The van der Waals surface area contributed by atoms with Crippen molar-refractivity contribution in [1.29, 1.82) is 0 Å². The van der Waals surface area contributed by atoms with Gasteiger partial charge in [0.05, 0.1) is 11.8 Å². The van der Waals surface area contributed by atoms with Gasteiger partial charge >= 0.3 is 0 Å². The Bertz CT molecular complexity index is 1030. The van der Waals surface area contributed by atoms with E-state index in [2.05, 4.69) is 33.6 Å². The Morgan fingerprint density at radius 2 is 1.69 bits per heavy atom. The van der Waals surface area contributed by atoms with Gasteiger partial charge in [0.2, 0.25) is 0 Å². The molecule has 1 amide bonds. The highest BCUT2D eigenvalue weighted by molar-refractivity contribution is 6.04. The van der Waals surface area contributed by atoms with E-state index in [1.165, 1.54) is 5.56 Å². The Balaban J connectivity index is 1.84. The van der Waals surface area contributed by atoms with Crippen LogP contribution in [0, 0.1) is 20.8 Å². The Morgan fingerprint density at radius 3 is 2.45 bits per heavy atom. The Morgan fingerprint density at radius 1 is 0.966 bits per heavy atom. The monoisotopic (exact) mass is 390 g/mol. The molecule has 29 heavy (non-hydrogen) atoms. The molecule has 0 radical (unpaired) electrons. The van der Waals surface area contributed by atoms with Crippen LogP contribution in [0.5, 0.6) is 5.75 Å². The third-order valence-electron chi connectivity index (χ3n) is 4.44. The molecule has 1 aromatic heterocycles. The van der Waals surface area contributed by atoms with Gasteiger partial charge in [0.1, 0.15) is 23.1 Å². The lowest BCUT2D eigenvalue weighted by atomic mass is 10.1. The zero-order valence-corrected chi connectivity index (χ0v) is 17.4. The number of anilines is 3. The van der Waals surface area contributed by atoms with E-state index in [9.17, 15) is 4.79 Å². The van der Waals surface area contributed by atoms with Crippen LogP contribution in [-0.4, -0.2) is 22.0 Å². The van der Waals surface area contributed by atoms with Gasteiger partial charge in [0.25, 0.3) is 5.91 Å². The molecule has 150 valence electrons. The van der Waals surface area contributed by atoms with Gasteiger partial charge in [-0.05, 0) is 63.9 Å². The molecule has 0 spiro atoms. The van der Waals surface area contributed by atoms with Gasteiger partial charge in [0, 0.05) is 11.8 Å². The van der Waals surface area contributed by atoms with E-state index in [4.69, 9.17) is 4.74 Å². The molecular weight excluding hydrogens is 364 g/mol. The minimum atomic E-state index is -0.320. The van der Waals surface area contributed by atoms with Gasteiger partial charge in [-0.3, -0.25) is 4.79 Å². The number of amides is 1. The van der Waals surface area contributed by atoms with Crippen LogP contribution < -0.4 is 15.4 Å². The van der Waals surface area contributed by atoms with Crippen molar-refractivity contribution in [3.63, 3.8) is 0 Å². The first kappa shape index (κ1) is 20.3. The van der Waals surface area contributed by atoms with Crippen LogP contribution in [0.25, 0.3) is 0 Å². The number of nitrogens with one attached hydrogen (secondary N) is 2. The van der Waals surface area contributed by atoms with Gasteiger partial charge in [-0.15, -0.1) is 0 Å². The van der Waals surface area contributed by atoms with Gasteiger partial charge in [-0.2, -0.15) is 0 Å². The fourth-order valence-corrected chi connectivity index (χ4v) is 2.89. The van der Waals surface area contributed by atoms with Crippen molar-refractivity contribution in [2.45, 2.75) is 40.7 Å². The van der Waals surface area contributed by atoms with E-state index < -0.39 is 0 Å². The normalized spacial score (nSPS) is 10.7. The molecule has 6 nitrogen and oxygen atoms in total. The van der Waals surface area contributed by atoms with Crippen molar-refractivity contribution >= 4 is 23.1 Å². The van der Waals surface area contributed by atoms with E-state index >= 15 is 0 Å². The highest BCUT2D eigenvalue weighted by Gasteiger charge is 2.14. The summed E-state index contributed by atoms with van der Waals surface area (Å²) in [5.74, 6) is 1.38. The number of aryl methyl sites for hydroxylation is 2. The van der Waals surface area contributed by atoms with Crippen molar-refractivity contribution in [3.05, 3.63) is 71.2 Å². The molecule has 3 rings (SSSR count). The SMILES string of the molecule is Cc1nc(Nc2cccc(C)c2C)cc(C(=O)Nc2ccccc2OC(C)C)n1. The van der Waals surface area contributed by atoms with Gasteiger partial charge < -0.3 is 15.4 Å². The number of carbonyl (C=O) groups is 1. The molecule has 3 aromatic rings. The van der Waals surface area contributed by atoms with Crippen LogP contribution in [0.3, 0.4) is 0 Å². The number of nitrogens with zero attached hydrogens (tertiary/aromatic N) is 2. The molecule has 0 aliphatic heterocycles. The first-order valence-electron chi connectivity index (χ1n) is 9.59. The highest BCUT2D eigenvalue weighted by Crippen LogP contribution is 2.26. The molecule has 0 aliphatic carbocycles. The van der Waals surface area contributed by atoms with E-state index in [0.717, 1.165) is 11.3 Å². The molecule has 0 aliphatic rings. The van der Waals surface area contributed by atoms with E-state index in [1.54, 1.807) is 19.1 Å². The number of hydrogen-bond acceptors (Lipinski definition) is 5. The molecule has 0 atom stereocenters. The zero-order valence-electron chi connectivity index (χ0n) is 17.4. The molecular formula is C23H26N4O2.